The van der Waals surface area contributed by atoms with E-state index < -0.39 is 0 Å². The van der Waals surface area contributed by atoms with Crippen LogP contribution in [-0.4, -0.2) is 26.7 Å². The maximum absolute atomic E-state index is 5.84. The number of hydrogen-bond donors (Lipinski definition) is 0. The molecule has 0 N–H and O–H groups in total. The van der Waals surface area contributed by atoms with Crippen molar-refractivity contribution in [2.24, 2.45) is 0 Å². The van der Waals surface area contributed by atoms with Crippen LogP contribution in [0.5, 0.6) is 5.75 Å². The van der Waals surface area contributed by atoms with Gasteiger partial charge in [-0.1, -0.05) is 23.2 Å². The zero-order valence-corrected chi connectivity index (χ0v) is 11.2. The average Bonchev–Trinajstić information content (AvgIpc) is 2.81. The molecular weight excluding hydrogens is 264 g/mol. The fraction of sp³-hybridized carbons (Fsp3) is 0.154. The maximum Gasteiger partial charge on any atom is 0.173 e. The Morgan fingerprint density at radius 2 is 2.05 bits per heavy atom. The topological polar surface area (TPSA) is 52.3 Å². The Morgan fingerprint density at radius 1 is 1.21 bits per heavy atom. The lowest BCUT2D eigenvalue weighted by Gasteiger charge is -2.07. The van der Waals surface area contributed by atoms with Crippen molar-refractivity contribution in [3.05, 3.63) is 41.3 Å². The molecular formula is C13H11ClN4O. The smallest absolute Gasteiger partial charge is 0.173 e. The van der Waals surface area contributed by atoms with E-state index in [2.05, 4.69) is 15.2 Å². The SMILES string of the molecule is COc1ccc(C)cc1-c1nnc2cc(Cl)ncn12. The third-order valence-corrected chi connectivity index (χ3v) is 3.07. The highest BCUT2D eigenvalue weighted by atomic mass is 35.5. The Hall–Kier alpha value is -2.14. The summed E-state index contributed by atoms with van der Waals surface area (Å²) in [4.78, 5) is 4.05. The number of halogens is 1. The van der Waals surface area contributed by atoms with Gasteiger partial charge in [0.1, 0.15) is 17.2 Å². The van der Waals surface area contributed by atoms with Crippen LogP contribution in [-0.2, 0) is 0 Å². The van der Waals surface area contributed by atoms with Gasteiger partial charge < -0.3 is 4.74 Å². The summed E-state index contributed by atoms with van der Waals surface area (Å²) in [5.74, 6) is 1.43. The van der Waals surface area contributed by atoms with Crippen molar-refractivity contribution in [2.75, 3.05) is 7.11 Å². The first-order valence-electron chi connectivity index (χ1n) is 5.70. The zero-order valence-electron chi connectivity index (χ0n) is 10.5. The van der Waals surface area contributed by atoms with Gasteiger partial charge in [-0.05, 0) is 19.1 Å². The molecule has 96 valence electrons. The van der Waals surface area contributed by atoms with Crippen molar-refractivity contribution in [3.63, 3.8) is 0 Å². The maximum atomic E-state index is 5.84. The first-order valence-corrected chi connectivity index (χ1v) is 6.08. The molecule has 0 bridgehead atoms. The summed E-state index contributed by atoms with van der Waals surface area (Å²) in [5, 5.41) is 8.68. The van der Waals surface area contributed by atoms with E-state index in [9.17, 15) is 0 Å². The number of benzene rings is 1. The Bertz CT molecular complexity index is 753. The minimum absolute atomic E-state index is 0.391. The molecule has 2 aromatic heterocycles. The molecule has 3 rings (SSSR count). The van der Waals surface area contributed by atoms with E-state index in [-0.39, 0.29) is 0 Å². The molecule has 0 aliphatic carbocycles. The fourth-order valence-electron chi connectivity index (χ4n) is 1.95. The van der Waals surface area contributed by atoms with Gasteiger partial charge in [0, 0.05) is 6.07 Å². The van der Waals surface area contributed by atoms with Gasteiger partial charge in [0.15, 0.2) is 11.5 Å². The van der Waals surface area contributed by atoms with Crippen molar-refractivity contribution in [3.8, 4) is 17.1 Å². The highest BCUT2D eigenvalue weighted by molar-refractivity contribution is 6.29. The lowest BCUT2D eigenvalue weighted by molar-refractivity contribution is 0.416. The van der Waals surface area contributed by atoms with E-state index >= 15 is 0 Å². The second-order valence-electron chi connectivity index (χ2n) is 4.17. The number of fused-ring (bicyclic) bond motifs is 1. The van der Waals surface area contributed by atoms with E-state index in [0.717, 1.165) is 16.9 Å². The van der Waals surface area contributed by atoms with Crippen LogP contribution in [0.4, 0.5) is 0 Å². The Labute approximate surface area is 114 Å². The Morgan fingerprint density at radius 3 is 2.84 bits per heavy atom. The molecule has 0 aliphatic heterocycles. The summed E-state index contributed by atoms with van der Waals surface area (Å²) in [5.41, 5.74) is 2.65. The highest BCUT2D eigenvalue weighted by Crippen LogP contribution is 2.29. The Kier molecular flexibility index (Phi) is 2.83. The number of ether oxygens (including phenoxy) is 1. The molecule has 1 aromatic carbocycles. The number of methoxy groups -OCH3 is 1. The summed E-state index contributed by atoms with van der Waals surface area (Å²) >= 11 is 5.84. The van der Waals surface area contributed by atoms with Crippen LogP contribution in [0.1, 0.15) is 5.56 Å². The van der Waals surface area contributed by atoms with E-state index in [1.54, 1.807) is 23.9 Å². The minimum atomic E-state index is 0.391. The second kappa shape index (κ2) is 4.51. The van der Waals surface area contributed by atoms with E-state index in [1.165, 1.54) is 0 Å². The normalized spacial score (nSPS) is 10.9. The first kappa shape index (κ1) is 11.9. The van der Waals surface area contributed by atoms with Crippen molar-refractivity contribution >= 4 is 17.2 Å². The molecule has 0 saturated heterocycles. The average molecular weight is 275 g/mol. The molecule has 0 aliphatic rings. The largest absolute Gasteiger partial charge is 0.496 e. The van der Waals surface area contributed by atoms with Crippen molar-refractivity contribution in [2.45, 2.75) is 6.92 Å². The van der Waals surface area contributed by atoms with Gasteiger partial charge in [0.25, 0.3) is 0 Å². The van der Waals surface area contributed by atoms with Crippen molar-refractivity contribution in [1.29, 1.82) is 0 Å². The molecule has 19 heavy (non-hydrogen) atoms. The number of aryl methyl sites for hydroxylation is 1. The van der Waals surface area contributed by atoms with Gasteiger partial charge in [-0.3, -0.25) is 4.40 Å². The zero-order chi connectivity index (χ0) is 13.4. The lowest BCUT2D eigenvalue weighted by Crippen LogP contribution is -1.95. The minimum Gasteiger partial charge on any atom is -0.496 e. The molecule has 3 aromatic rings. The molecule has 0 radical (unpaired) electrons. The number of rotatable bonds is 2. The molecule has 0 amide bonds. The fourth-order valence-corrected chi connectivity index (χ4v) is 2.09. The van der Waals surface area contributed by atoms with Crippen molar-refractivity contribution in [1.82, 2.24) is 19.6 Å². The Balaban J connectivity index is 2.27. The third kappa shape index (κ3) is 2.02. The number of hydrogen-bond acceptors (Lipinski definition) is 4. The van der Waals surface area contributed by atoms with Crippen LogP contribution in [0, 0.1) is 6.92 Å². The van der Waals surface area contributed by atoms with Crippen LogP contribution in [0.2, 0.25) is 5.15 Å². The van der Waals surface area contributed by atoms with Crippen LogP contribution < -0.4 is 4.74 Å². The summed E-state index contributed by atoms with van der Waals surface area (Å²) in [6.45, 7) is 2.02. The van der Waals surface area contributed by atoms with E-state index in [1.807, 2.05) is 25.1 Å². The summed E-state index contributed by atoms with van der Waals surface area (Å²) in [6.07, 6.45) is 1.61. The lowest BCUT2D eigenvalue weighted by atomic mass is 10.1. The summed E-state index contributed by atoms with van der Waals surface area (Å²) in [7, 11) is 1.63. The molecule has 0 saturated carbocycles. The predicted molar refractivity (Wildman–Crippen MR) is 72.5 cm³/mol. The standard InChI is InChI=1S/C13H11ClN4O/c1-8-3-4-10(19-2)9(5-8)13-17-16-12-6-11(14)15-7-18(12)13/h3-7H,1-2H3. The van der Waals surface area contributed by atoms with Gasteiger partial charge in [-0.25, -0.2) is 4.98 Å². The van der Waals surface area contributed by atoms with Gasteiger partial charge >= 0.3 is 0 Å². The van der Waals surface area contributed by atoms with Crippen LogP contribution in [0.15, 0.2) is 30.6 Å². The summed E-state index contributed by atoms with van der Waals surface area (Å²) in [6, 6.07) is 7.57. The molecule has 0 fully saturated rings. The second-order valence-corrected chi connectivity index (χ2v) is 4.55. The van der Waals surface area contributed by atoms with Crippen LogP contribution >= 0.6 is 11.6 Å². The monoisotopic (exact) mass is 274 g/mol. The molecule has 6 heteroatoms. The molecule has 0 unspecified atom stereocenters. The third-order valence-electron chi connectivity index (χ3n) is 2.86. The van der Waals surface area contributed by atoms with Gasteiger partial charge in [-0.15, -0.1) is 10.2 Å². The number of nitrogens with zero attached hydrogens (tertiary/aromatic N) is 4. The molecule has 0 atom stereocenters. The molecule has 5 nitrogen and oxygen atoms in total. The van der Waals surface area contributed by atoms with Gasteiger partial charge in [0.05, 0.1) is 12.7 Å². The van der Waals surface area contributed by atoms with E-state index in [0.29, 0.717) is 16.6 Å². The van der Waals surface area contributed by atoms with Gasteiger partial charge in [0.2, 0.25) is 0 Å². The summed E-state index contributed by atoms with van der Waals surface area (Å²) < 4.78 is 7.15. The van der Waals surface area contributed by atoms with Crippen LogP contribution in [0.3, 0.4) is 0 Å². The van der Waals surface area contributed by atoms with Gasteiger partial charge in [-0.2, -0.15) is 0 Å². The molecule has 2 heterocycles. The first-order chi connectivity index (χ1) is 9.19. The quantitative estimate of drug-likeness (QED) is 0.674. The number of aromatic nitrogens is 4. The molecule has 0 spiro atoms. The van der Waals surface area contributed by atoms with Crippen molar-refractivity contribution < 1.29 is 4.74 Å². The van der Waals surface area contributed by atoms with E-state index in [4.69, 9.17) is 16.3 Å². The predicted octanol–water partition coefficient (Wildman–Crippen LogP) is 2.76. The van der Waals surface area contributed by atoms with Crippen LogP contribution in [0.25, 0.3) is 17.0 Å². The highest BCUT2D eigenvalue weighted by Gasteiger charge is 2.13.